The lowest BCUT2D eigenvalue weighted by atomic mass is 10.0. The van der Waals surface area contributed by atoms with Crippen LogP contribution in [-0.2, 0) is 6.42 Å². The molecule has 2 N–H and O–H groups in total. The van der Waals surface area contributed by atoms with Crippen molar-refractivity contribution in [2.75, 3.05) is 7.11 Å². The fourth-order valence-electron chi connectivity index (χ4n) is 1.56. The maximum Gasteiger partial charge on any atom is 0.165 e. The van der Waals surface area contributed by atoms with Crippen molar-refractivity contribution in [2.45, 2.75) is 24.8 Å². The predicted molar refractivity (Wildman–Crippen MR) is 52.8 cm³/mol. The Hall–Kier alpha value is -1.09. The van der Waals surface area contributed by atoms with Crippen LogP contribution < -0.4 is 10.5 Å². The fourth-order valence-corrected chi connectivity index (χ4v) is 1.56. The van der Waals surface area contributed by atoms with E-state index < -0.39 is 0 Å². The summed E-state index contributed by atoms with van der Waals surface area (Å²) in [5.74, 6) is -0.0233. The van der Waals surface area contributed by atoms with E-state index in [9.17, 15) is 4.39 Å². The Bertz CT molecular complexity index is 347. The van der Waals surface area contributed by atoms with Crippen molar-refractivity contribution in [3.63, 3.8) is 0 Å². The summed E-state index contributed by atoms with van der Waals surface area (Å²) < 4.78 is 18.0. The molecular weight excluding hydrogens is 181 g/mol. The molecule has 0 heterocycles. The van der Waals surface area contributed by atoms with E-state index in [1.165, 1.54) is 13.2 Å². The molecule has 1 aliphatic rings. The first kappa shape index (κ1) is 9.46. The molecule has 0 amide bonds. The first-order valence-corrected chi connectivity index (χ1v) is 4.74. The molecule has 14 heavy (non-hydrogen) atoms. The quantitative estimate of drug-likeness (QED) is 0.799. The first-order valence-electron chi connectivity index (χ1n) is 4.74. The van der Waals surface area contributed by atoms with Gasteiger partial charge in [0.2, 0.25) is 0 Å². The van der Waals surface area contributed by atoms with Gasteiger partial charge in [-0.1, -0.05) is 6.07 Å². The van der Waals surface area contributed by atoms with Crippen LogP contribution in [0.3, 0.4) is 0 Å². The summed E-state index contributed by atoms with van der Waals surface area (Å²) >= 11 is 0. The van der Waals surface area contributed by atoms with Crippen molar-refractivity contribution >= 4 is 0 Å². The smallest absolute Gasteiger partial charge is 0.165 e. The van der Waals surface area contributed by atoms with Crippen LogP contribution in [0.2, 0.25) is 0 Å². The van der Waals surface area contributed by atoms with Gasteiger partial charge in [0.05, 0.1) is 7.11 Å². The van der Waals surface area contributed by atoms with Gasteiger partial charge in [-0.2, -0.15) is 0 Å². The molecule has 2 nitrogen and oxygen atoms in total. The molecule has 0 aliphatic heterocycles. The van der Waals surface area contributed by atoms with Gasteiger partial charge in [-0.3, -0.25) is 0 Å². The van der Waals surface area contributed by atoms with Crippen LogP contribution in [0.1, 0.15) is 18.4 Å². The Morgan fingerprint density at radius 2 is 2.21 bits per heavy atom. The summed E-state index contributed by atoms with van der Waals surface area (Å²) in [7, 11) is 1.47. The molecule has 76 valence electrons. The number of nitrogens with two attached hydrogens (primary N) is 1. The third kappa shape index (κ3) is 1.87. The van der Waals surface area contributed by atoms with Gasteiger partial charge in [0.1, 0.15) is 0 Å². The van der Waals surface area contributed by atoms with E-state index in [-0.39, 0.29) is 11.4 Å². The third-order valence-electron chi connectivity index (χ3n) is 2.66. The molecule has 1 saturated carbocycles. The van der Waals surface area contributed by atoms with Gasteiger partial charge < -0.3 is 10.5 Å². The predicted octanol–water partition coefficient (Wildman–Crippen LogP) is 1.87. The number of halogens is 1. The highest BCUT2D eigenvalue weighted by molar-refractivity contribution is 5.32. The first-order chi connectivity index (χ1) is 6.63. The summed E-state index contributed by atoms with van der Waals surface area (Å²) in [6, 6.07) is 4.92. The minimum absolute atomic E-state index is 0.0388. The molecule has 1 fully saturated rings. The van der Waals surface area contributed by atoms with Gasteiger partial charge >= 0.3 is 0 Å². The standard InChI is InChI=1S/C11H14FNO/c1-14-10-6-8(2-3-9(10)12)7-11(13)4-5-11/h2-3,6H,4-5,7,13H2,1H3. The van der Waals surface area contributed by atoms with E-state index in [1.807, 2.05) is 0 Å². The number of benzene rings is 1. The summed E-state index contributed by atoms with van der Waals surface area (Å²) in [5, 5.41) is 0. The zero-order valence-corrected chi connectivity index (χ0v) is 8.22. The average molecular weight is 195 g/mol. The van der Waals surface area contributed by atoms with Crippen molar-refractivity contribution < 1.29 is 9.13 Å². The highest BCUT2D eigenvalue weighted by atomic mass is 19.1. The highest BCUT2D eigenvalue weighted by Crippen LogP contribution is 2.36. The number of methoxy groups -OCH3 is 1. The molecule has 0 atom stereocenters. The molecule has 0 bridgehead atoms. The minimum Gasteiger partial charge on any atom is -0.494 e. The van der Waals surface area contributed by atoms with E-state index >= 15 is 0 Å². The van der Waals surface area contributed by atoms with Crippen LogP contribution >= 0.6 is 0 Å². The van der Waals surface area contributed by atoms with Gasteiger partial charge in [-0.15, -0.1) is 0 Å². The second kappa shape index (κ2) is 3.24. The molecule has 0 radical (unpaired) electrons. The lowest BCUT2D eigenvalue weighted by Crippen LogP contribution is -2.24. The number of hydrogen-bond donors (Lipinski definition) is 1. The van der Waals surface area contributed by atoms with Gasteiger partial charge in [-0.25, -0.2) is 4.39 Å². The van der Waals surface area contributed by atoms with E-state index in [1.54, 1.807) is 12.1 Å². The van der Waals surface area contributed by atoms with Crippen LogP contribution in [0.25, 0.3) is 0 Å². The van der Waals surface area contributed by atoms with Crippen LogP contribution in [0.4, 0.5) is 4.39 Å². The molecule has 0 unspecified atom stereocenters. The molecule has 2 rings (SSSR count). The highest BCUT2D eigenvalue weighted by Gasteiger charge is 2.38. The van der Waals surface area contributed by atoms with Gasteiger partial charge in [0.15, 0.2) is 11.6 Å². The van der Waals surface area contributed by atoms with Crippen molar-refractivity contribution in [1.29, 1.82) is 0 Å². The van der Waals surface area contributed by atoms with Crippen molar-refractivity contribution in [3.8, 4) is 5.75 Å². The third-order valence-corrected chi connectivity index (χ3v) is 2.66. The normalized spacial score (nSPS) is 17.9. The Morgan fingerprint density at radius 1 is 1.50 bits per heavy atom. The van der Waals surface area contributed by atoms with Crippen molar-refractivity contribution in [3.05, 3.63) is 29.6 Å². The van der Waals surface area contributed by atoms with E-state index in [2.05, 4.69) is 0 Å². The van der Waals surface area contributed by atoms with E-state index in [4.69, 9.17) is 10.5 Å². The number of hydrogen-bond acceptors (Lipinski definition) is 2. The Labute approximate surface area is 82.9 Å². The van der Waals surface area contributed by atoms with Gasteiger partial charge in [0.25, 0.3) is 0 Å². The summed E-state index contributed by atoms with van der Waals surface area (Å²) in [6.45, 7) is 0. The van der Waals surface area contributed by atoms with Crippen LogP contribution in [-0.4, -0.2) is 12.6 Å². The zero-order chi connectivity index (χ0) is 10.2. The molecule has 0 saturated heterocycles. The summed E-state index contributed by atoms with van der Waals surface area (Å²) in [4.78, 5) is 0. The van der Waals surface area contributed by atoms with E-state index in [0.717, 1.165) is 24.8 Å². The van der Waals surface area contributed by atoms with Crippen LogP contribution in [0, 0.1) is 5.82 Å². The topological polar surface area (TPSA) is 35.2 Å². The largest absolute Gasteiger partial charge is 0.494 e. The molecular formula is C11H14FNO. The zero-order valence-electron chi connectivity index (χ0n) is 8.22. The Balaban J connectivity index is 2.18. The maximum absolute atomic E-state index is 13.1. The monoisotopic (exact) mass is 195 g/mol. The molecule has 1 aromatic carbocycles. The number of rotatable bonds is 3. The van der Waals surface area contributed by atoms with Crippen LogP contribution in [0.5, 0.6) is 5.75 Å². The second-order valence-electron chi connectivity index (χ2n) is 4.01. The summed E-state index contributed by atoms with van der Waals surface area (Å²) in [6.07, 6.45) is 2.93. The second-order valence-corrected chi connectivity index (χ2v) is 4.01. The number of ether oxygens (including phenoxy) is 1. The SMILES string of the molecule is COc1cc(CC2(N)CC2)ccc1F. The van der Waals surface area contributed by atoms with E-state index in [0.29, 0.717) is 5.75 Å². The molecule has 3 heteroatoms. The van der Waals surface area contributed by atoms with Gasteiger partial charge in [0, 0.05) is 5.54 Å². The summed E-state index contributed by atoms with van der Waals surface area (Å²) in [5.41, 5.74) is 6.98. The van der Waals surface area contributed by atoms with Crippen molar-refractivity contribution in [1.82, 2.24) is 0 Å². The molecule has 0 spiro atoms. The lowest BCUT2D eigenvalue weighted by Gasteiger charge is -2.10. The Kier molecular flexibility index (Phi) is 2.19. The van der Waals surface area contributed by atoms with Crippen LogP contribution in [0.15, 0.2) is 18.2 Å². The lowest BCUT2D eigenvalue weighted by molar-refractivity contribution is 0.385. The maximum atomic E-state index is 13.1. The molecule has 1 aromatic rings. The minimum atomic E-state index is -0.321. The Morgan fingerprint density at radius 3 is 2.79 bits per heavy atom. The average Bonchev–Trinajstić information content (AvgIpc) is 2.87. The molecule has 1 aliphatic carbocycles. The molecule has 0 aromatic heterocycles. The van der Waals surface area contributed by atoms with Crippen molar-refractivity contribution in [2.24, 2.45) is 5.73 Å². The fraction of sp³-hybridized carbons (Fsp3) is 0.455. The van der Waals surface area contributed by atoms with Gasteiger partial charge in [-0.05, 0) is 37.0 Å².